The number of benzene rings is 2. The molecule has 1 saturated heterocycles. The van der Waals surface area contributed by atoms with Gasteiger partial charge in [-0.15, -0.1) is 0 Å². The molecule has 0 aromatic heterocycles. The van der Waals surface area contributed by atoms with Crippen molar-refractivity contribution in [1.82, 2.24) is 9.80 Å². The van der Waals surface area contributed by atoms with Gasteiger partial charge in [0.2, 0.25) is 12.7 Å². The summed E-state index contributed by atoms with van der Waals surface area (Å²) in [5.41, 5.74) is 0.804. The number of hydrogen-bond donors (Lipinski definition) is 2. The molecule has 2 aromatic carbocycles. The number of piperazine rings is 1. The average Bonchev–Trinajstić information content (AvgIpc) is 3.21. The summed E-state index contributed by atoms with van der Waals surface area (Å²) in [5.74, 6) is 1.21. The molecule has 0 unspecified atom stereocenters. The minimum atomic E-state index is -0.206. The van der Waals surface area contributed by atoms with Gasteiger partial charge in [0, 0.05) is 38.3 Å². The molecule has 30 heavy (non-hydrogen) atoms. The summed E-state index contributed by atoms with van der Waals surface area (Å²) in [7, 11) is 1.52. The molecule has 158 valence electrons. The van der Waals surface area contributed by atoms with Crippen LogP contribution in [-0.2, 0) is 4.79 Å². The fraction of sp³-hybridized carbons (Fsp3) is 0.333. The summed E-state index contributed by atoms with van der Waals surface area (Å²) in [6, 6.07) is 9.87. The molecular weight excluding hydrogens is 390 g/mol. The van der Waals surface area contributed by atoms with E-state index < -0.39 is 0 Å². The first kappa shape index (κ1) is 19.8. The van der Waals surface area contributed by atoms with Crippen molar-refractivity contribution in [3.8, 4) is 23.0 Å². The number of nitrogens with zero attached hydrogens (tertiary/aromatic N) is 2. The molecule has 2 aliphatic rings. The predicted molar refractivity (Wildman–Crippen MR) is 108 cm³/mol. The number of carbonyl (C=O) groups excluding carboxylic acids is 2. The molecule has 0 spiro atoms. The second kappa shape index (κ2) is 8.50. The third-order valence-electron chi connectivity index (χ3n) is 5.13. The lowest BCUT2D eigenvalue weighted by Gasteiger charge is -2.34. The first-order valence-corrected chi connectivity index (χ1v) is 9.62. The Morgan fingerprint density at radius 1 is 1.10 bits per heavy atom. The van der Waals surface area contributed by atoms with Crippen LogP contribution in [0, 0.1) is 0 Å². The Balaban J connectivity index is 1.32. The maximum Gasteiger partial charge on any atom is 0.257 e. The Bertz CT molecular complexity index is 956. The van der Waals surface area contributed by atoms with Gasteiger partial charge in [0.1, 0.15) is 11.5 Å². The van der Waals surface area contributed by atoms with Gasteiger partial charge in [-0.25, -0.2) is 0 Å². The van der Waals surface area contributed by atoms with Crippen LogP contribution in [0.4, 0.5) is 5.69 Å². The highest BCUT2D eigenvalue weighted by atomic mass is 16.7. The van der Waals surface area contributed by atoms with E-state index >= 15 is 0 Å². The molecule has 0 aliphatic carbocycles. The van der Waals surface area contributed by atoms with Gasteiger partial charge in [0.25, 0.3) is 5.91 Å². The lowest BCUT2D eigenvalue weighted by atomic mass is 10.1. The van der Waals surface area contributed by atoms with E-state index in [0.717, 1.165) is 0 Å². The van der Waals surface area contributed by atoms with E-state index in [9.17, 15) is 14.7 Å². The average molecular weight is 413 g/mol. The first-order valence-electron chi connectivity index (χ1n) is 9.62. The van der Waals surface area contributed by atoms with Gasteiger partial charge in [-0.2, -0.15) is 0 Å². The zero-order valence-electron chi connectivity index (χ0n) is 16.6. The number of carbonyl (C=O) groups is 2. The van der Waals surface area contributed by atoms with E-state index in [2.05, 4.69) is 5.32 Å². The predicted octanol–water partition coefficient (Wildman–Crippen LogP) is 1.53. The first-order chi connectivity index (χ1) is 14.5. The van der Waals surface area contributed by atoms with Gasteiger partial charge < -0.3 is 29.5 Å². The van der Waals surface area contributed by atoms with Crippen LogP contribution < -0.4 is 19.5 Å². The van der Waals surface area contributed by atoms with E-state index in [1.54, 1.807) is 35.2 Å². The minimum absolute atomic E-state index is 0.0259. The number of amides is 2. The van der Waals surface area contributed by atoms with Gasteiger partial charge in [-0.1, -0.05) is 12.1 Å². The number of methoxy groups -OCH3 is 1. The number of phenolic OH excluding ortho intramolecular Hbond substituents is 1. The van der Waals surface area contributed by atoms with Crippen LogP contribution in [0.2, 0.25) is 0 Å². The third kappa shape index (κ3) is 4.11. The van der Waals surface area contributed by atoms with Crippen molar-refractivity contribution >= 4 is 17.5 Å². The van der Waals surface area contributed by atoms with Crippen molar-refractivity contribution in [2.75, 3.05) is 51.9 Å². The smallest absolute Gasteiger partial charge is 0.257 e. The number of nitrogens with one attached hydrogen (secondary N) is 1. The van der Waals surface area contributed by atoms with Crippen molar-refractivity contribution in [3.05, 3.63) is 42.0 Å². The van der Waals surface area contributed by atoms with E-state index in [4.69, 9.17) is 14.2 Å². The fourth-order valence-corrected chi connectivity index (χ4v) is 3.52. The van der Waals surface area contributed by atoms with E-state index in [1.807, 2.05) is 4.90 Å². The number of para-hydroxylation sites is 1. The van der Waals surface area contributed by atoms with Crippen LogP contribution in [0.15, 0.2) is 36.4 Å². The SMILES string of the molecule is COc1cc2c(cc1NC(=O)CN1CCN(C(=O)c3ccccc3O)CC1)OCO2. The fourth-order valence-electron chi connectivity index (χ4n) is 3.52. The number of ether oxygens (including phenoxy) is 3. The zero-order chi connectivity index (χ0) is 21.1. The Hall–Kier alpha value is -3.46. The molecule has 2 heterocycles. The van der Waals surface area contributed by atoms with Gasteiger partial charge in [-0.05, 0) is 12.1 Å². The normalized spacial score (nSPS) is 15.7. The van der Waals surface area contributed by atoms with E-state index in [0.29, 0.717) is 54.7 Å². The van der Waals surface area contributed by atoms with Crippen LogP contribution >= 0.6 is 0 Å². The van der Waals surface area contributed by atoms with Crippen LogP contribution in [0.25, 0.3) is 0 Å². The summed E-state index contributed by atoms with van der Waals surface area (Å²) in [5, 5.41) is 12.7. The monoisotopic (exact) mass is 413 g/mol. The number of aromatic hydroxyl groups is 1. The molecule has 9 nitrogen and oxygen atoms in total. The highest BCUT2D eigenvalue weighted by Gasteiger charge is 2.25. The molecule has 0 saturated carbocycles. The van der Waals surface area contributed by atoms with Crippen molar-refractivity contribution < 1.29 is 28.9 Å². The van der Waals surface area contributed by atoms with Gasteiger partial charge in [0.15, 0.2) is 11.5 Å². The molecular formula is C21H23N3O6. The quantitative estimate of drug-likeness (QED) is 0.767. The Kier molecular flexibility index (Phi) is 5.62. The standard InChI is InChI=1S/C21H23N3O6/c1-28-17-11-19-18(29-13-30-19)10-15(17)22-20(26)12-23-6-8-24(9-7-23)21(27)14-4-2-3-5-16(14)25/h2-5,10-11,25H,6-9,12-13H2,1H3,(H,22,26). The van der Waals surface area contributed by atoms with Crippen LogP contribution in [0.5, 0.6) is 23.0 Å². The highest BCUT2D eigenvalue weighted by molar-refractivity contribution is 5.97. The Labute approximate surface area is 173 Å². The largest absolute Gasteiger partial charge is 0.507 e. The highest BCUT2D eigenvalue weighted by Crippen LogP contribution is 2.40. The number of rotatable bonds is 5. The summed E-state index contributed by atoms with van der Waals surface area (Å²) < 4.78 is 16.0. The number of anilines is 1. The molecule has 0 radical (unpaired) electrons. The van der Waals surface area contributed by atoms with Crippen molar-refractivity contribution in [2.45, 2.75) is 0 Å². The maximum absolute atomic E-state index is 12.6. The van der Waals surface area contributed by atoms with E-state index in [1.165, 1.54) is 13.2 Å². The van der Waals surface area contributed by atoms with Crippen molar-refractivity contribution in [3.63, 3.8) is 0 Å². The maximum atomic E-state index is 12.6. The van der Waals surface area contributed by atoms with Crippen LogP contribution in [0.1, 0.15) is 10.4 Å². The lowest BCUT2D eigenvalue weighted by molar-refractivity contribution is -0.117. The second-order valence-corrected chi connectivity index (χ2v) is 7.04. The van der Waals surface area contributed by atoms with E-state index in [-0.39, 0.29) is 30.9 Å². The zero-order valence-corrected chi connectivity index (χ0v) is 16.6. The topological polar surface area (TPSA) is 101 Å². The van der Waals surface area contributed by atoms with Gasteiger partial charge in [-0.3, -0.25) is 14.5 Å². The molecule has 2 N–H and O–H groups in total. The van der Waals surface area contributed by atoms with Gasteiger partial charge in [0.05, 0.1) is 24.9 Å². The van der Waals surface area contributed by atoms with Crippen LogP contribution in [0.3, 0.4) is 0 Å². The molecule has 0 bridgehead atoms. The Morgan fingerprint density at radius 3 is 2.50 bits per heavy atom. The summed E-state index contributed by atoms with van der Waals surface area (Å²) in [6.07, 6.45) is 0. The molecule has 0 atom stereocenters. The Morgan fingerprint density at radius 2 is 1.80 bits per heavy atom. The molecule has 2 aliphatic heterocycles. The molecule has 9 heteroatoms. The third-order valence-corrected chi connectivity index (χ3v) is 5.13. The molecule has 2 amide bonds. The van der Waals surface area contributed by atoms with Crippen molar-refractivity contribution in [2.24, 2.45) is 0 Å². The van der Waals surface area contributed by atoms with Crippen LogP contribution in [-0.4, -0.2) is 73.3 Å². The second-order valence-electron chi connectivity index (χ2n) is 7.04. The minimum Gasteiger partial charge on any atom is -0.507 e. The number of hydrogen-bond acceptors (Lipinski definition) is 7. The summed E-state index contributed by atoms with van der Waals surface area (Å²) >= 11 is 0. The molecule has 2 aromatic rings. The van der Waals surface area contributed by atoms with Crippen molar-refractivity contribution in [1.29, 1.82) is 0 Å². The lowest BCUT2D eigenvalue weighted by Crippen LogP contribution is -2.50. The summed E-state index contributed by atoms with van der Waals surface area (Å²) in [4.78, 5) is 28.8. The molecule has 1 fully saturated rings. The number of fused-ring (bicyclic) bond motifs is 1. The van der Waals surface area contributed by atoms with Gasteiger partial charge >= 0.3 is 0 Å². The summed E-state index contributed by atoms with van der Waals surface area (Å²) in [6.45, 7) is 2.41. The molecule has 4 rings (SSSR count). The number of phenols is 1.